The SMILES string of the molecule is CC(=O)c1cc(F)ccc1N(C)Cc1cc(Br)cs1. The van der Waals surface area contributed by atoms with Gasteiger partial charge >= 0.3 is 0 Å². The number of hydrogen-bond acceptors (Lipinski definition) is 3. The highest BCUT2D eigenvalue weighted by Crippen LogP contribution is 2.26. The summed E-state index contributed by atoms with van der Waals surface area (Å²) in [7, 11) is 1.90. The minimum Gasteiger partial charge on any atom is -0.369 e. The van der Waals surface area contributed by atoms with Crippen molar-refractivity contribution in [1.82, 2.24) is 0 Å². The van der Waals surface area contributed by atoms with Gasteiger partial charge in [0.25, 0.3) is 0 Å². The Morgan fingerprint density at radius 2 is 2.16 bits per heavy atom. The van der Waals surface area contributed by atoms with E-state index in [2.05, 4.69) is 15.9 Å². The van der Waals surface area contributed by atoms with E-state index in [4.69, 9.17) is 0 Å². The Kier molecular flexibility index (Phi) is 4.37. The Hall–Kier alpha value is -1.20. The molecule has 0 unspecified atom stereocenters. The van der Waals surface area contributed by atoms with Gasteiger partial charge in [-0.1, -0.05) is 0 Å². The van der Waals surface area contributed by atoms with Gasteiger partial charge in [-0.2, -0.15) is 0 Å². The summed E-state index contributed by atoms with van der Waals surface area (Å²) >= 11 is 5.06. The molecule has 0 spiro atoms. The van der Waals surface area contributed by atoms with Crippen LogP contribution < -0.4 is 4.90 Å². The lowest BCUT2D eigenvalue weighted by Gasteiger charge is -2.21. The summed E-state index contributed by atoms with van der Waals surface area (Å²) in [5.74, 6) is -0.519. The van der Waals surface area contributed by atoms with E-state index in [9.17, 15) is 9.18 Å². The monoisotopic (exact) mass is 341 g/mol. The van der Waals surface area contributed by atoms with E-state index in [0.29, 0.717) is 12.1 Å². The number of benzene rings is 1. The second kappa shape index (κ2) is 5.84. The molecule has 0 atom stereocenters. The smallest absolute Gasteiger partial charge is 0.161 e. The zero-order valence-electron chi connectivity index (χ0n) is 10.6. The molecule has 1 aromatic heterocycles. The van der Waals surface area contributed by atoms with Gasteiger partial charge in [0, 0.05) is 33.0 Å². The summed E-state index contributed by atoms with van der Waals surface area (Å²) in [5.41, 5.74) is 1.16. The molecule has 0 fully saturated rings. The van der Waals surface area contributed by atoms with Crippen molar-refractivity contribution in [3.8, 4) is 0 Å². The van der Waals surface area contributed by atoms with Gasteiger partial charge in [-0.05, 0) is 47.1 Å². The number of hydrogen-bond donors (Lipinski definition) is 0. The van der Waals surface area contributed by atoms with E-state index in [1.165, 1.54) is 23.9 Å². The number of carbonyl (C=O) groups is 1. The van der Waals surface area contributed by atoms with Crippen molar-refractivity contribution in [2.45, 2.75) is 13.5 Å². The summed E-state index contributed by atoms with van der Waals surface area (Å²) in [6.45, 7) is 2.13. The van der Waals surface area contributed by atoms with Crippen molar-refractivity contribution in [1.29, 1.82) is 0 Å². The summed E-state index contributed by atoms with van der Waals surface area (Å²) < 4.78 is 14.3. The number of ketones is 1. The molecule has 0 aliphatic carbocycles. The van der Waals surface area contributed by atoms with Crippen LogP contribution in [0.2, 0.25) is 0 Å². The molecular weight excluding hydrogens is 329 g/mol. The summed E-state index contributed by atoms with van der Waals surface area (Å²) in [5, 5.41) is 2.01. The van der Waals surface area contributed by atoms with Crippen LogP contribution in [0.25, 0.3) is 0 Å². The molecule has 1 aromatic carbocycles. The second-order valence-corrected chi connectivity index (χ2v) is 6.22. The summed E-state index contributed by atoms with van der Waals surface area (Å²) in [6.07, 6.45) is 0. The van der Waals surface area contributed by atoms with E-state index in [1.807, 2.05) is 23.4 Å². The number of carbonyl (C=O) groups excluding carboxylic acids is 1. The molecule has 1 heterocycles. The Labute approximate surface area is 124 Å². The van der Waals surface area contributed by atoms with Gasteiger partial charge in [-0.3, -0.25) is 4.79 Å². The van der Waals surface area contributed by atoms with Crippen LogP contribution in [-0.4, -0.2) is 12.8 Å². The lowest BCUT2D eigenvalue weighted by molar-refractivity contribution is 0.101. The van der Waals surface area contributed by atoms with Crippen molar-refractivity contribution < 1.29 is 9.18 Å². The van der Waals surface area contributed by atoms with E-state index < -0.39 is 0 Å². The van der Waals surface area contributed by atoms with Gasteiger partial charge in [-0.15, -0.1) is 11.3 Å². The van der Waals surface area contributed by atoms with Crippen molar-refractivity contribution in [2.24, 2.45) is 0 Å². The maximum atomic E-state index is 13.2. The van der Waals surface area contributed by atoms with Crippen LogP contribution in [0.3, 0.4) is 0 Å². The molecular formula is C14H13BrFNOS. The van der Waals surface area contributed by atoms with Crippen LogP contribution in [-0.2, 0) is 6.54 Å². The largest absolute Gasteiger partial charge is 0.369 e. The predicted molar refractivity (Wildman–Crippen MR) is 80.5 cm³/mol. The third-order valence-corrected chi connectivity index (χ3v) is 4.45. The number of thiophene rings is 1. The van der Waals surface area contributed by atoms with Crippen LogP contribution in [0.5, 0.6) is 0 Å². The second-order valence-electron chi connectivity index (χ2n) is 4.30. The van der Waals surface area contributed by atoms with Gasteiger partial charge in [0.05, 0.1) is 6.54 Å². The van der Waals surface area contributed by atoms with Crippen molar-refractivity contribution in [2.75, 3.05) is 11.9 Å². The maximum absolute atomic E-state index is 13.2. The average molecular weight is 342 g/mol. The van der Waals surface area contributed by atoms with Crippen LogP contribution >= 0.6 is 27.3 Å². The number of rotatable bonds is 4. The highest BCUT2D eigenvalue weighted by Gasteiger charge is 2.13. The number of nitrogens with zero attached hydrogens (tertiary/aromatic N) is 1. The Morgan fingerprint density at radius 3 is 2.74 bits per heavy atom. The summed E-state index contributed by atoms with van der Waals surface area (Å²) in [4.78, 5) is 14.7. The molecule has 0 N–H and O–H groups in total. The first-order valence-electron chi connectivity index (χ1n) is 5.72. The highest BCUT2D eigenvalue weighted by molar-refractivity contribution is 9.10. The molecule has 2 aromatic rings. The molecule has 0 aliphatic heterocycles. The lowest BCUT2D eigenvalue weighted by Crippen LogP contribution is -2.18. The Balaban J connectivity index is 2.28. The van der Waals surface area contributed by atoms with Crippen LogP contribution in [0.4, 0.5) is 10.1 Å². The lowest BCUT2D eigenvalue weighted by atomic mass is 10.1. The number of anilines is 1. The summed E-state index contributed by atoms with van der Waals surface area (Å²) in [6, 6.07) is 6.36. The molecule has 0 saturated carbocycles. The Morgan fingerprint density at radius 1 is 1.42 bits per heavy atom. The molecule has 100 valence electrons. The van der Waals surface area contributed by atoms with E-state index >= 15 is 0 Å². The van der Waals surface area contributed by atoms with Crippen molar-refractivity contribution >= 4 is 38.7 Å². The predicted octanol–water partition coefficient (Wildman–Crippen LogP) is 4.49. The van der Waals surface area contributed by atoms with Crippen LogP contribution in [0.15, 0.2) is 34.1 Å². The number of halogens is 2. The third-order valence-electron chi connectivity index (χ3n) is 2.76. The molecule has 0 radical (unpaired) electrons. The quantitative estimate of drug-likeness (QED) is 0.763. The molecule has 0 bridgehead atoms. The van der Waals surface area contributed by atoms with Gasteiger partial charge in [-0.25, -0.2) is 4.39 Å². The molecule has 2 nitrogen and oxygen atoms in total. The molecule has 5 heteroatoms. The topological polar surface area (TPSA) is 20.3 Å². The highest BCUT2D eigenvalue weighted by atomic mass is 79.9. The molecule has 2 rings (SSSR count). The fourth-order valence-corrected chi connectivity index (χ4v) is 3.38. The van der Waals surface area contributed by atoms with E-state index in [1.54, 1.807) is 17.4 Å². The van der Waals surface area contributed by atoms with Crippen LogP contribution in [0, 0.1) is 5.82 Å². The molecule has 0 aliphatic rings. The van der Waals surface area contributed by atoms with Crippen LogP contribution in [0.1, 0.15) is 22.2 Å². The van der Waals surface area contributed by atoms with Crippen molar-refractivity contribution in [3.63, 3.8) is 0 Å². The Bertz CT molecular complexity index is 611. The normalized spacial score (nSPS) is 10.5. The first kappa shape index (κ1) is 14.2. The van der Waals surface area contributed by atoms with E-state index in [-0.39, 0.29) is 11.6 Å². The van der Waals surface area contributed by atoms with Gasteiger partial charge < -0.3 is 4.90 Å². The standard InChI is InChI=1S/C14H13BrFNOS/c1-9(18)13-6-11(16)3-4-14(13)17(2)7-12-5-10(15)8-19-12/h3-6,8H,7H2,1-2H3. The zero-order valence-corrected chi connectivity index (χ0v) is 13.0. The molecule has 19 heavy (non-hydrogen) atoms. The van der Waals surface area contributed by atoms with E-state index in [0.717, 1.165) is 10.2 Å². The maximum Gasteiger partial charge on any atom is 0.161 e. The molecule has 0 saturated heterocycles. The van der Waals surface area contributed by atoms with Gasteiger partial charge in [0.1, 0.15) is 5.82 Å². The first-order valence-corrected chi connectivity index (χ1v) is 7.39. The van der Waals surface area contributed by atoms with Gasteiger partial charge in [0.2, 0.25) is 0 Å². The minimum absolute atomic E-state index is 0.131. The number of Topliss-reactive ketones (excluding diaryl/α,β-unsaturated/α-hetero) is 1. The molecule has 0 amide bonds. The van der Waals surface area contributed by atoms with Crippen molar-refractivity contribution in [3.05, 3.63) is 50.4 Å². The van der Waals surface area contributed by atoms with Gasteiger partial charge in [0.15, 0.2) is 5.78 Å². The average Bonchev–Trinajstić information content (AvgIpc) is 2.74. The third kappa shape index (κ3) is 3.42. The fourth-order valence-electron chi connectivity index (χ4n) is 1.88. The zero-order chi connectivity index (χ0) is 14.0. The fraction of sp³-hybridized carbons (Fsp3) is 0.214. The minimum atomic E-state index is -0.388. The first-order chi connectivity index (χ1) is 8.97.